The molecule has 0 saturated carbocycles. The summed E-state index contributed by atoms with van der Waals surface area (Å²) in [5.74, 6) is 0.604. The van der Waals surface area contributed by atoms with Crippen LogP contribution >= 0.6 is 11.6 Å². The van der Waals surface area contributed by atoms with Crippen LogP contribution in [0, 0.1) is 0 Å². The van der Waals surface area contributed by atoms with Crippen molar-refractivity contribution in [2.45, 2.75) is 25.8 Å². The van der Waals surface area contributed by atoms with Crippen molar-refractivity contribution in [1.29, 1.82) is 0 Å². The quantitative estimate of drug-likeness (QED) is 0.830. The standard InChI is InChI=1S/C17H20ClN5O2/c1-12-9-23(14-5-3-4-13(18)8-14)17(25)10-22(12)16(24)7-6-15-20-19-11-21(15)2/h3-5,8,11-12H,6-7,9-10H2,1-2H3/t12-/m1/s1. The highest BCUT2D eigenvalue weighted by Gasteiger charge is 2.33. The molecule has 8 heteroatoms. The highest BCUT2D eigenvalue weighted by atomic mass is 35.5. The van der Waals surface area contributed by atoms with E-state index in [4.69, 9.17) is 11.6 Å². The molecule has 2 heterocycles. The molecule has 25 heavy (non-hydrogen) atoms. The molecular formula is C17H20ClN5O2. The Bertz CT molecular complexity index is 791. The Morgan fingerprint density at radius 3 is 2.88 bits per heavy atom. The smallest absolute Gasteiger partial charge is 0.246 e. The first-order valence-corrected chi connectivity index (χ1v) is 8.52. The van der Waals surface area contributed by atoms with Crippen molar-refractivity contribution >= 4 is 29.1 Å². The third kappa shape index (κ3) is 3.82. The number of carbonyl (C=O) groups is 2. The van der Waals surface area contributed by atoms with E-state index >= 15 is 0 Å². The number of benzene rings is 1. The van der Waals surface area contributed by atoms with E-state index in [-0.39, 0.29) is 24.4 Å². The molecule has 0 radical (unpaired) electrons. The lowest BCUT2D eigenvalue weighted by molar-refractivity contribution is -0.139. The predicted molar refractivity (Wildman–Crippen MR) is 94.3 cm³/mol. The summed E-state index contributed by atoms with van der Waals surface area (Å²) in [5.41, 5.74) is 0.760. The minimum absolute atomic E-state index is 0.0467. The van der Waals surface area contributed by atoms with Crippen LogP contribution in [0.25, 0.3) is 0 Å². The van der Waals surface area contributed by atoms with Gasteiger partial charge in [-0.05, 0) is 25.1 Å². The minimum Gasteiger partial charge on any atom is -0.329 e. The van der Waals surface area contributed by atoms with E-state index < -0.39 is 0 Å². The fraction of sp³-hybridized carbons (Fsp3) is 0.412. The zero-order chi connectivity index (χ0) is 18.0. The van der Waals surface area contributed by atoms with Crippen LogP contribution in [0.2, 0.25) is 5.02 Å². The molecule has 1 aliphatic rings. The second-order valence-corrected chi connectivity index (χ2v) is 6.65. The Kier molecular flexibility index (Phi) is 5.03. The van der Waals surface area contributed by atoms with Crippen molar-refractivity contribution in [2.24, 2.45) is 7.05 Å². The van der Waals surface area contributed by atoms with Crippen molar-refractivity contribution < 1.29 is 9.59 Å². The Hall–Kier alpha value is -2.41. The molecule has 1 fully saturated rings. The lowest BCUT2D eigenvalue weighted by Crippen LogP contribution is -2.57. The van der Waals surface area contributed by atoms with E-state index in [0.717, 1.165) is 11.5 Å². The summed E-state index contributed by atoms with van der Waals surface area (Å²) in [7, 11) is 1.84. The molecule has 1 aromatic carbocycles. The Labute approximate surface area is 151 Å². The normalized spacial score (nSPS) is 17.9. The molecule has 2 amide bonds. The highest BCUT2D eigenvalue weighted by molar-refractivity contribution is 6.30. The molecule has 2 aromatic rings. The van der Waals surface area contributed by atoms with E-state index in [9.17, 15) is 9.59 Å². The number of rotatable bonds is 4. The van der Waals surface area contributed by atoms with Gasteiger partial charge < -0.3 is 14.4 Å². The van der Waals surface area contributed by atoms with Crippen molar-refractivity contribution in [3.63, 3.8) is 0 Å². The van der Waals surface area contributed by atoms with Gasteiger partial charge >= 0.3 is 0 Å². The van der Waals surface area contributed by atoms with Crippen LogP contribution in [0.5, 0.6) is 0 Å². The number of amides is 2. The van der Waals surface area contributed by atoms with Crippen LogP contribution in [0.15, 0.2) is 30.6 Å². The SMILES string of the molecule is C[C@@H]1CN(c2cccc(Cl)c2)C(=O)CN1C(=O)CCc1nncn1C. The molecule has 0 spiro atoms. The van der Waals surface area contributed by atoms with Gasteiger partial charge in [-0.3, -0.25) is 9.59 Å². The summed E-state index contributed by atoms with van der Waals surface area (Å²) < 4.78 is 1.79. The number of aryl methyl sites for hydroxylation is 2. The zero-order valence-electron chi connectivity index (χ0n) is 14.2. The Morgan fingerprint density at radius 1 is 1.40 bits per heavy atom. The maximum Gasteiger partial charge on any atom is 0.246 e. The van der Waals surface area contributed by atoms with E-state index in [2.05, 4.69) is 10.2 Å². The molecule has 0 unspecified atom stereocenters. The van der Waals surface area contributed by atoms with Crippen molar-refractivity contribution in [3.05, 3.63) is 41.4 Å². The number of halogens is 1. The third-order valence-corrected chi connectivity index (χ3v) is 4.63. The molecule has 7 nitrogen and oxygen atoms in total. The fourth-order valence-electron chi connectivity index (χ4n) is 2.97. The summed E-state index contributed by atoms with van der Waals surface area (Å²) in [6.07, 6.45) is 2.42. The summed E-state index contributed by atoms with van der Waals surface area (Å²) in [4.78, 5) is 28.4. The molecule has 0 bridgehead atoms. The number of carbonyl (C=O) groups excluding carboxylic acids is 2. The molecule has 0 N–H and O–H groups in total. The van der Waals surface area contributed by atoms with Crippen LogP contribution in [0.1, 0.15) is 19.2 Å². The average molecular weight is 362 g/mol. The third-order valence-electron chi connectivity index (χ3n) is 4.39. The van der Waals surface area contributed by atoms with E-state index in [1.807, 2.05) is 26.1 Å². The maximum absolute atomic E-state index is 12.5. The minimum atomic E-state index is -0.104. The second kappa shape index (κ2) is 7.23. The molecule has 3 rings (SSSR count). The molecule has 1 saturated heterocycles. The summed E-state index contributed by atoms with van der Waals surface area (Å²) in [6, 6.07) is 7.13. The topological polar surface area (TPSA) is 71.3 Å². The van der Waals surface area contributed by atoms with Gasteiger partial charge in [0.1, 0.15) is 18.7 Å². The van der Waals surface area contributed by atoms with Gasteiger partial charge in [0.25, 0.3) is 0 Å². The largest absolute Gasteiger partial charge is 0.329 e. The zero-order valence-corrected chi connectivity index (χ0v) is 15.0. The first-order valence-electron chi connectivity index (χ1n) is 8.14. The summed E-state index contributed by atoms with van der Waals surface area (Å²) in [6.45, 7) is 2.48. The van der Waals surface area contributed by atoms with Gasteiger partial charge in [-0.15, -0.1) is 10.2 Å². The van der Waals surface area contributed by atoms with E-state index in [1.54, 1.807) is 32.8 Å². The van der Waals surface area contributed by atoms with Crippen molar-refractivity contribution in [3.8, 4) is 0 Å². The van der Waals surface area contributed by atoms with Crippen LogP contribution in [0.3, 0.4) is 0 Å². The second-order valence-electron chi connectivity index (χ2n) is 6.21. The molecule has 132 valence electrons. The lowest BCUT2D eigenvalue weighted by Gasteiger charge is -2.39. The fourth-order valence-corrected chi connectivity index (χ4v) is 3.16. The molecule has 1 aliphatic heterocycles. The Balaban J connectivity index is 1.64. The predicted octanol–water partition coefficient (Wildman–Crippen LogP) is 1.66. The number of anilines is 1. The first kappa shape index (κ1) is 17.4. The van der Waals surface area contributed by atoms with E-state index in [0.29, 0.717) is 24.4 Å². The summed E-state index contributed by atoms with van der Waals surface area (Å²) in [5, 5.41) is 8.37. The number of nitrogens with zero attached hydrogens (tertiary/aromatic N) is 5. The van der Waals surface area contributed by atoms with Crippen molar-refractivity contribution in [1.82, 2.24) is 19.7 Å². The van der Waals surface area contributed by atoms with Gasteiger partial charge in [-0.2, -0.15) is 0 Å². The molecule has 1 aromatic heterocycles. The monoisotopic (exact) mass is 361 g/mol. The number of piperazine rings is 1. The number of hydrogen-bond acceptors (Lipinski definition) is 4. The van der Waals surface area contributed by atoms with Gasteiger partial charge in [0.05, 0.1) is 0 Å². The van der Waals surface area contributed by atoms with Gasteiger partial charge in [-0.1, -0.05) is 17.7 Å². The average Bonchev–Trinajstić information content (AvgIpc) is 2.99. The number of hydrogen-bond donors (Lipinski definition) is 0. The first-order chi connectivity index (χ1) is 12.0. The highest BCUT2D eigenvalue weighted by Crippen LogP contribution is 2.23. The van der Waals surface area contributed by atoms with Gasteiger partial charge in [0.15, 0.2) is 0 Å². The van der Waals surface area contributed by atoms with Gasteiger partial charge in [0.2, 0.25) is 11.8 Å². The van der Waals surface area contributed by atoms with Crippen LogP contribution in [-0.2, 0) is 23.1 Å². The van der Waals surface area contributed by atoms with Gasteiger partial charge in [0, 0.05) is 43.2 Å². The van der Waals surface area contributed by atoms with Crippen molar-refractivity contribution in [2.75, 3.05) is 18.0 Å². The maximum atomic E-state index is 12.5. The summed E-state index contributed by atoms with van der Waals surface area (Å²) >= 11 is 6.01. The van der Waals surface area contributed by atoms with E-state index in [1.165, 1.54) is 0 Å². The van der Waals surface area contributed by atoms with Crippen LogP contribution in [-0.4, -0.2) is 50.6 Å². The molecular weight excluding hydrogens is 342 g/mol. The number of aromatic nitrogens is 3. The molecule has 1 atom stereocenters. The Morgan fingerprint density at radius 2 is 2.20 bits per heavy atom. The molecule has 0 aliphatic carbocycles. The van der Waals surface area contributed by atoms with Crippen LogP contribution < -0.4 is 4.90 Å². The lowest BCUT2D eigenvalue weighted by atomic mass is 10.1. The van der Waals surface area contributed by atoms with Crippen LogP contribution in [0.4, 0.5) is 5.69 Å². The van der Waals surface area contributed by atoms with Gasteiger partial charge in [-0.25, -0.2) is 0 Å².